The summed E-state index contributed by atoms with van der Waals surface area (Å²) in [4.78, 5) is 45.5. The molecule has 1 saturated heterocycles. The predicted molar refractivity (Wildman–Crippen MR) is 88.6 cm³/mol. The molecule has 11 nitrogen and oxygen atoms in total. The Hall–Kier alpha value is -2.67. The number of β-lactam (4-membered cyclic amide) rings is 1. The number of thioether (sulfide) groups is 1. The molecular weight excluding hydrogens is 372 g/mol. The third-order valence-electron chi connectivity index (χ3n) is 3.40. The number of carboxylic acids is 1. The monoisotopic (exact) mass is 384 g/mol. The van der Waals surface area contributed by atoms with Crippen molar-refractivity contribution in [2.75, 3.05) is 18.6 Å². The number of amides is 2. The van der Waals surface area contributed by atoms with E-state index in [2.05, 4.69) is 24.7 Å². The second-order valence-electron chi connectivity index (χ2n) is 4.86. The van der Waals surface area contributed by atoms with Crippen LogP contribution in [-0.2, 0) is 19.2 Å². The number of hydrogen-bond acceptors (Lipinski definition) is 10. The highest BCUT2D eigenvalue weighted by atomic mass is 32.2. The lowest BCUT2D eigenvalue weighted by Gasteiger charge is -2.48. The lowest BCUT2D eigenvalue weighted by molar-refractivity contribution is -0.150. The average molecular weight is 384 g/mol. The fourth-order valence-corrected chi connectivity index (χ4v) is 3.98. The van der Waals surface area contributed by atoms with Gasteiger partial charge in [0.25, 0.3) is 11.8 Å². The number of carbonyl (C=O) groups is 3. The molecule has 0 unspecified atom stereocenters. The minimum atomic E-state index is -1.19. The number of oxime groups is 1. The fraction of sp³-hybridized carbons (Fsp3) is 0.333. The Morgan fingerprint density at radius 2 is 2.32 bits per heavy atom. The Labute approximate surface area is 149 Å². The molecule has 0 spiro atoms. The van der Waals surface area contributed by atoms with Crippen LogP contribution in [0.5, 0.6) is 0 Å². The van der Waals surface area contributed by atoms with Crippen LogP contribution in [0.4, 0.5) is 5.13 Å². The van der Waals surface area contributed by atoms with Gasteiger partial charge in [0.2, 0.25) is 11.5 Å². The zero-order valence-electron chi connectivity index (χ0n) is 12.7. The van der Waals surface area contributed by atoms with Gasteiger partial charge in [0.05, 0.1) is 0 Å². The topological polar surface area (TPSA) is 160 Å². The molecule has 0 aliphatic carbocycles. The third kappa shape index (κ3) is 3.02. The Balaban J connectivity index is 1.75. The second-order valence-corrected chi connectivity index (χ2v) is 6.79. The van der Waals surface area contributed by atoms with Crippen LogP contribution in [0, 0.1) is 0 Å². The van der Waals surface area contributed by atoms with Crippen LogP contribution in [-0.4, -0.2) is 67.1 Å². The molecular formula is C12H12N6O5S2. The molecule has 1 aromatic rings. The summed E-state index contributed by atoms with van der Waals surface area (Å²) in [5, 5.41) is 14.9. The summed E-state index contributed by atoms with van der Waals surface area (Å²) in [5.41, 5.74) is 5.19. The van der Waals surface area contributed by atoms with Gasteiger partial charge in [-0.25, -0.2) is 4.79 Å². The maximum Gasteiger partial charge on any atom is 0.352 e. The van der Waals surface area contributed by atoms with Crippen LogP contribution < -0.4 is 11.1 Å². The number of carboxylic acid groups (broad SMARTS) is 1. The highest BCUT2D eigenvalue weighted by molar-refractivity contribution is 8.00. The van der Waals surface area contributed by atoms with E-state index in [1.54, 1.807) is 0 Å². The maximum atomic E-state index is 12.4. The van der Waals surface area contributed by atoms with E-state index in [0.717, 1.165) is 16.4 Å². The van der Waals surface area contributed by atoms with Crippen molar-refractivity contribution in [3.8, 4) is 0 Å². The summed E-state index contributed by atoms with van der Waals surface area (Å²) in [6.45, 7) is 0. The number of nitrogens with one attached hydrogen (secondary N) is 1. The van der Waals surface area contributed by atoms with Crippen molar-refractivity contribution < 1.29 is 24.3 Å². The van der Waals surface area contributed by atoms with E-state index in [1.807, 2.05) is 0 Å². The standard InChI is InChI=1S/C12H12N6O5S2/c1-23-16-5(7-15-12(13)25-17-7)8(19)14-6-9(20)18-4(11(21)22)2-3-24-10(6)18/h2,6,10H,3H2,1H3,(H,14,19)(H,21,22)(H2,13,15,17)/t6-,10+/m1/s1. The van der Waals surface area contributed by atoms with E-state index in [4.69, 9.17) is 10.8 Å². The van der Waals surface area contributed by atoms with Gasteiger partial charge in [0, 0.05) is 17.3 Å². The number of aromatic nitrogens is 2. The van der Waals surface area contributed by atoms with Crippen molar-refractivity contribution in [1.29, 1.82) is 0 Å². The molecule has 0 aromatic carbocycles. The van der Waals surface area contributed by atoms with Gasteiger partial charge in [-0.05, 0) is 6.08 Å². The zero-order valence-corrected chi connectivity index (χ0v) is 14.3. The molecule has 2 aliphatic heterocycles. The van der Waals surface area contributed by atoms with Gasteiger partial charge in [0.1, 0.15) is 24.2 Å². The Morgan fingerprint density at radius 1 is 1.56 bits per heavy atom. The minimum Gasteiger partial charge on any atom is -0.477 e. The molecule has 2 amide bonds. The van der Waals surface area contributed by atoms with Crippen molar-refractivity contribution in [3.05, 3.63) is 17.6 Å². The lowest BCUT2D eigenvalue weighted by atomic mass is 10.0. The Kier molecular flexibility index (Phi) is 4.59. The number of nitrogens with two attached hydrogens (primary N) is 1. The first kappa shape index (κ1) is 17.2. The summed E-state index contributed by atoms with van der Waals surface area (Å²) in [5.74, 6) is -2.02. The van der Waals surface area contributed by atoms with Crippen LogP contribution in [0.3, 0.4) is 0 Å². The zero-order chi connectivity index (χ0) is 18.1. The van der Waals surface area contributed by atoms with Crippen LogP contribution >= 0.6 is 23.3 Å². The highest BCUT2D eigenvalue weighted by Gasteiger charge is 2.53. The smallest absolute Gasteiger partial charge is 0.352 e. The van der Waals surface area contributed by atoms with E-state index in [9.17, 15) is 14.4 Å². The van der Waals surface area contributed by atoms with E-state index >= 15 is 0 Å². The first-order valence-corrected chi connectivity index (χ1v) is 8.66. The number of nitrogen functional groups attached to an aromatic ring is 1. The van der Waals surface area contributed by atoms with Gasteiger partial charge >= 0.3 is 5.97 Å². The van der Waals surface area contributed by atoms with E-state index in [-0.39, 0.29) is 22.4 Å². The van der Waals surface area contributed by atoms with Crippen molar-refractivity contribution in [1.82, 2.24) is 19.6 Å². The first-order valence-electron chi connectivity index (χ1n) is 6.83. The maximum absolute atomic E-state index is 12.4. The molecule has 1 fully saturated rings. The Bertz CT molecular complexity index is 806. The van der Waals surface area contributed by atoms with Gasteiger partial charge in [-0.1, -0.05) is 5.16 Å². The average Bonchev–Trinajstić information content (AvgIpc) is 3.02. The SMILES string of the molecule is CON=C(C(=O)N[C@@H]1C(=O)N2C(C(=O)O)=CCS[C@@H]12)c1nsc(N)n1. The van der Waals surface area contributed by atoms with Crippen LogP contribution in [0.2, 0.25) is 0 Å². The normalized spacial score (nSPS) is 22.6. The minimum absolute atomic E-state index is 0.0205. The molecule has 4 N–H and O–H groups in total. The van der Waals surface area contributed by atoms with Crippen molar-refractivity contribution in [2.24, 2.45) is 5.16 Å². The molecule has 132 valence electrons. The predicted octanol–water partition coefficient (Wildman–Crippen LogP) is -1.16. The van der Waals surface area contributed by atoms with Crippen LogP contribution in [0.15, 0.2) is 16.9 Å². The molecule has 0 radical (unpaired) electrons. The number of fused-ring (bicyclic) bond motifs is 1. The third-order valence-corrected chi connectivity index (χ3v) is 5.13. The molecule has 13 heteroatoms. The molecule has 3 rings (SSSR count). The molecule has 25 heavy (non-hydrogen) atoms. The number of rotatable bonds is 5. The Morgan fingerprint density at radius 3 is 2.92 bits per heavy atom. The van der Waals surface area contributed by atoms with Crippen molar-refractivity contribution >= 4 is 51.9 Å². The molecule has 2 aliphatic rings. The van der Waals surface area contributed by atoms with Crippen molar-refractivity contribution in [3.63, 3.8) is 0 Å². The van der Waals surface area contributed by atoms with E-state index in [1.165, 1.54) is 24.9 Å². The van der Waals surface area contributed by atoms with Crippen LogP contribution in [0.1, 0.15) is 5.82 Å². The van der Waals surface area contributed by atoms with Gasteiger partial charge < -0.3 is 21.0 Å². The highest BCUT2D eigenvalue weighted by Crippen LogP contribution is 2.37. The molecule has 2 atom stereocenters. The van der Waals surface area contributed by atoms with E-state index in [0.29, 0.717) is 5.75 Å². The van der Waals surface area contributed by atoms with Crippen molar-refractivity contribution in [2.45, 2.75) is 11.4 Å². The summed E-state index contributed by atoms with van der Waals surface area (Å²) in [6, 6.07) is -0.876. The summed E-state index contributed by atoms with van der Waals surface area (Å²) in [6.07, 6.45) is 1.46. The van der Waals surface area contributed by atoms with E-state index < -0.39 is 29.2 Å². The molecule has 3 heterocycles. The number of hydrogen-bond donors (Lipinski definition) is 3. The fourth-order valence-electron chi connectivity index (χ4n) is 2.35. The number of aliphatic carboxylic acids is 1. The van der Waals surface area contributed by atoms with Gasteiger partial charge in [-0.2, -0.15) is 9.36 Å². The summed E-state index contributed by atoms with van der Waals surface area (Å²) in [7, 11) is 1.25. The molecule has 1 aromatic heterocycles. The summed E-state index contributed by atoms with van der Waals surface area (Å²) >= 11 is 2.23. The second kappa shape index (κ2) is 6.68. The van der Waals surface area contributed by atoms with Gasteiger partial charge in [-0.15, -0.1) is 11.8 Å². The molecule has 0 bridgehead atoms. The largest absolute Gasteiger partial charge is 0.477 e. The lowest BCUT2D eigenvalue weighted by Crippen LogP contribution is -2.70. The first-order chi connectivity index (χ1) is 11.9. The van der Waals surface area contributed by atoms with Crippen LogP contribution in [0.25, 0.3) is 0 Å². The quantitative estimate of drug-likeness (QED) is 0.323. The van der Waals surface area contributed by atoms with Gasteiger partial charge in [-0.3, -0.25) is 14.5 Å². The number of anilines is 1. The summed E-state index contributed by atoms with van der Waals surface area (Å²) < 4.78 is 3.89. The van der Waals surface area contributed by atoms with Gasteiger partial charge in [0.15, 0.2) is 5.13 Å². The molecule has 0 saturated carbocycles. The number of nitrogens with zero attached hydrogens (tertiary/aromatic N) is 4. The number of carbonyl (C=O) groups excluding carboxylic acids is 2.